The second-order valence-corrected chi connectivity index (χ2v) is 6.01. The van der Waals surface area contributed by atoms with E-state index in [0.717, 1.165) is 38.1 Å². The molecule has 0 radical (unpaired) electrons. The molecule has 0 unspecified atom stereocenters. The molecule has 1 N–H and O–H groups in total. The SMILES string of the molecule is CCC(CC)N(CCOC)Cc1cc(C#CCCO)cs1. The lowest BCUT2D eigenvalue weighted by atomic mass is 10.1. The van der Waals surface area contributed by atoms with Crippen LogP contribution in [0.4, 0.5) is 0 Å². The van der Waals surface area contributed by atoms with E-state index in [0.29, 0.717) is 12.5 Å². The average Bonchev–Trinajstić information content (AvgIpc) is 2.93. The van der Waals surface area contributed by atoms with Crippen LogP contribution in [0.15, 0.2) is 11.4 Å². The van der Waals surface area contributed by atoms with E-state index in [9.17, 15) is 0 Å². The van der Waals surface area contributed by atoms with Crippen molar-refractivity contribution < 1.29 is 9.84 Å². The van der Waals surface area contributed by atoms with Crippen LogP contribution in [-0.4, -0.2) is 42.9 Å². The summed E-state index contributed by atoms with van der Waals surface area (Å²) in [6, 6.07) is 2.77. The molecule has 0 atom stereocenters. The van der Waals surface area contributed by atoms with E-state index in [1.165, 1.54) is 4.88 Å². The number of aliphatic hydroxyl groups is 1. The summed E-state index contributed by atoms with van der Waals surface area (Å²) >= 11 is 1.76. The highest BCUT2D eigenvalue weighted by Crippen LogP contribution is 2.19. The fourth-order valence-electron chi connectivity index (χ4n) is 2.35. The van der Waals surface area contributed by atoms with Gasteiger partial charge in [0.25, 0.3) is 0 Å². The number of methoxy groups -OCH3 is 1. The highest BCUT2D eigenvalue weighted by atomic mass is 32.1. The summed E-state index contributed by atoms with van der Waals surface area (Å²) in [5.74, 6) is 6.07. The van der Waals surface area contributed by atoms with Gasteiger partial charge in [-0.05, 0) is 18.9 Å². The van der Waals surface area contributed by atoms with E-state index in [4.69, 9.17) is 9.84 Å². The fraction of sp³-hybridized carbons (Fsp3) is 0.647. The molecular weight excluding hydrogens is 282 g/mol. The second kappa shape index (κ2) is 10.8. The fourth-order valence-corrected chi connectivity index (χ4v) is 3.19. The van der Waals surface area contributed by atoms with E-state index in [2.05, 4.69) is 42.0 Å². The van der Waals surface area contributed by atoms with E-state index < -0.39 is 0 Å². The van der Waals surface area contributed by atoms with Crippen LogP contribution in [0.5, 0.6) is 0 Å². The topological polar surface area (TPSA) is 32.7 Å². The minimum Gasteiger partial charge on any atom is -0.395 e. The molecule has 0 saturated heterocycles. The monoisotopic (exact) mass is 309 g/mol. The molecule has 0 bridgehead atoms. The highest BCUT2D eigenvalue weighted by Gasteiger charge is 2.15. The Labute approximate surface area is 132 Å². The zero-order chi connectivity index (χ0) is 15.5. The maximum absolute atomic E-state index is 8.75. The number of hydrogen-bond acceptors (Lipinski definition) is 4. The summed E-state index contributed by atoms with van der Waals surface area (Å²) in [5.41, 5.74) is 1.06. The average molecular weight is 309 g/mol. The molecule has 0 aliphatic heterocycles. The number of aliphatic hydroxyl groups excluding tert-OH is 1. The molecule has 1 aromatic heterocycles. The first-order valence-electron chi connectivity index (χ1n) is 7.65. The van der Waals surface area contributed by atoms with E-state index >= 15 is 0 Å². The van der Waals surface area contributed by atoms with Crippen LogP contribution in [0.3, 0.4) is 0 Å². The van der Waals surface area contributed by atoms with Gasteiger partial charge in [0.2, 0.25) is 0 Å². The largest absolute Gasteiger partial charge is 0.395 e. The molecule has 3 nitrogen and oxygen atoms in total. The normalized spacial score (nSPS) is 11.0. The minimum atomic E-state index is 0.128. The van der Waals surface area contributed by atoms with Crippen LogP contribution >= 0.6 is 11.3 Å². The number of thiophene rings is 1. The Hall–Kier alpha value is -0.860. The quantitative estimate of drug-likeness (QED) is 0.711. The standard InChI is InChI=1S/C17H27NO2S/c1-4-16(5-2)18(9-11-20-3)13-17-12-15(14-21-17)8-6-7-10-19/h12,14,16,19H,4-5,7,9-11,13H2,1-3H3. The molecule has 0 aliphatic carbocycles. The third-order valence-electron chi connectivity index (χ3n) is 3.52. The Bertz CT molecular complexity index is 443. The first kappa shape index (κ1) is 18.2. The highest BCUT2D eigenvalue weighted by molar-refractivity contribution is 7.10. The van der Waals surface area contributed by atoms with Crippen LogP contribution in [0.2, 0.25) is 0 Å². The predicted octanol–water partition coefficient (Wildman–Crippen LogP) is 3.12. The summed E-state index contributed by atoms with van der Waals surface area (Å²) < 4.78 is 5.24. The lowest BCUT2D eigenvalue weighted by Crippen LogP contribution is -2.36. The van der Waals surface area contributed by atoms with Crippen molar-refractivity contribution in [1.29, 1.82) is 0 Å². The van der Waals surface area contributed by atoms with Crippen LogP contribution < -0.4 is 0 Å². The van der Waals surface area contributed by atoms with Crippen molar-refractivity contribution >= 4 is 11.3 Å². The Morgan fingerprint density at radius 1 is 1.38 bits per heavy atom. The van der Waals surface area contributed by atoms with Gasteiger partial charge in [0.15, 0.2) is 0 Å². The molecule has 0 aliphatic rings. The van der Waals surface area contributed by atoms with Crippen LogP contribution in [0, 0.1) is 11.8 Å². The smallest absolute Gasteiger partial charge is 0.0589 e. The molecule has 21 heavy (non-hydrogen) atoms. The summed E-state index contributed by atoms with van der Waals surface area (Å²) in [7, 11) is 1.76. The Morgan fingerprint density at radius 3 is 2.76 bits per heavy atom. The molecular formula is C17H27NO2S. The van der Waals surface area contributed by atoms with Crippen molar-refractivity contribution in [3.05, 3.63) is 21.9 Å². The lowest BCUT2D eigenvalue weighted by Gasteiger charge is -2.29. The molecule has 118 valence electrons. The van der Waals surface area contributed by atoms with Crippen molar-refractivity contribution in [3.63, 3.8) is 0 Å². The Morgan fingerprint density at radius 2 is 2.14 bits per heavy atom. The molecule has 0 aromatic carbocycles. The number of hydrogen-bond donors (Lipinski definition) is 1. The summed E-state index contributed by atoms with van der Waals surface area (Å²) in [6.07, 6.45) is 2.86. The first-order chi connectivity index (χ1) is 10.2. The van der Waals surface area contributed by atoms with Gasteiger partial charge in [-0.15, -0.1) is 11.3 Å². The third-order valence-corrected chi connectivity index (χ3v) is 4.45. The molecule has 0 amide bonds. The van der Waals surface area contributed by atoms with E-state index in [1.54, 1.807) is 18.4 Å². The minimum absolute atomic E-state index is 0.128. The van der Waals surface area contributed by atoms with Gasteiger partial charge in [0, 0.05) is 48.5 Å². The van der Waals surface area contributed by atoms with Crippen LogP contribution in [-0.2, 0) is 11.3 Å². The maximum atomic E-state index is 8.75. The van der Waals surface area contributed by atoms with Crippen molar-refractivity contribution in [2.45, 2.75) is 45.7 Å². The zero-order valence-electron chi connectivity index (χ0n) is 13.4. The second-order valence-electron chi connectivity index (χ2n) is 5.01. The molecule has 4 heteroatoms. The van der Waals surface area contributed by atoms with Crippen molar-refractivity contribution in [1.82, 2.24) is 4.90 Å². The van der Waals surface area contributed by atoms with Crippen molar-refractivity contribution in [2.24, 2.45) is 0 Å². The van der Waals surface area contributed by atoms with Gasteiger partial charge in [-0.3, -0.25) is 4.90 Å². The first-order valence-corrected chi connectivity index (χ1v) is 8.53. The third kappa shape index (κ3) is 6.62. The zero-order valence-corrected chi connectivity index (χ0v) is 14.2. The Balaban J connectivity index is 2.67. The lowest BCUT2D eigenvalue weighted by molar-refractivity contribution is 0.111. The summed E-state index contributed by atoms with van der Waals surface area (Å²) in [5, 5.41) is 10.8. The van der Waals surface area contributed by atoms with Crippen molar-refractivity contribution in [2.75, 3.05) is 26.9 Å². The van der Waals surface area contributed by atoms with Gasteiger partial charge in [-0.25, -0.2) is 0 Å². The van der Waals surface area contributed by atoms with Crippen molar-refractivity contribution in [3.8, 4) is 11.8 Å². The van der Waals surface area contributed by atoms with E-state index in [1.807, 2.05) is 0 Å². The molecule has 1 rings (SSSR count). The number of nitrogens with zero attached hydrogens (tertiary/aromatic N) is 1. The van der Waals surface area contributed by atoms with Gasteiger partial charge < -0.3 is 9.84 Å². The summed E-state index contributed by atoms with van der Waals surface area (Å²) in [4.78, 5) is 3.84. The van der Waals surface area contributed by atoms with Gasteiger partial charge >= 0.3 is 0 Å². The van der Waals surface area contributed by atoms with Gasteiger partial charge in [0.1, 0.15) is 0 Å². The molecule has 0 saturated carbocycles. The summed E-state index contributed by atoms with van der Waals surface area (Å²) in [6.45, 7) is 7.31. The molecule has 1 heterocycles. The number of ether oxygens (including phenoxy) is 1. The van der Waals surface area contributed by atoms with Gasteiger partial charge in [0.05, 0.1) is 13.2 Å². The number of rotatable bonds is 9. The Kier molecular flexibility index (Phi) is 9.36. The van der Waals surface area contributed by atoms with Gasteiger partial charge in [-0.2, -0.15) is 0 Å². The van der Waals surface area contributed by atoms with E-state index in [-0.39, 0.29) is 6.61 Å². The van der Waals surface area contributed by atoms with Crippen LogP contribution in [0.25, 0.3) is 0 Å². The predicted molar refractivity (Wildman–Crippen MR) is 89.6 cm³/mol. The molecule has 1 aromatic rings. The van der Waals surface area contributed by atoms with Crippen LogP contribution in [0.1, 0.15) is 43.6 Å². The maximum Gasteiger partial charge on any atom is 0.0589 e. The molecule has 0 fully saturated rings. The molecule has 0 spiro atoms. The van der Waals surface area contributed by atoms with Gasteiger partial charge in [-0.1, -0.05) is 25.7 Å².